The SMILES string of the molecule is C=C1C[C@@H]2[C@@H](CC[C@@]3(C)[C@H]2CCC3(O)CC(=O)O)[C@@]2(C)C(C)=CC(=O)C=C12. The summed E-state index contributed by atoms with van der Waals surface area (Å²) in [5, 5.41) is 20.6. The van der Waals surface area contributed by atoms with Crippen LogP contribution in [0, 0.1) is 28.6 Å². The lowest BCUT2D eigenvalue weighted by Gasteiger charge is -2.59. The van der Waals surface area contributed by atoms with Crippen molar-refractivity contribution in [3.05, 3.63) is 35.5 Å². The van der Waals surface area contributed by atoms with E-state index in [-0.39, 0.29) is 23.0 Å². The highest BCUT2D eigenvalue weighted by Gasteiger charge is 2.64. The molecule has 3 fully saturated rings. The average Bonchev–Trinajstić information content (AvgIpc) is 2.81. The number of fused-ring (bicyclic) bond motifs is 5. The van der Waals surface area contributed by atoms with Gasteiger partial charge in [0.25, 0.3) is 0 Å². The van der Waals surface area contributed by atoms with E-state index in [1.165, 1.54) is 0 Å². The van der Waals surface area contributed by atoms with Gasteiger partial charge in [-0.2, -0.15) is 0 Å². The van der Waals surface area contributed by atoms with Gasteiger partial charge in [-0.05, 0) is 79.9 Å². The van der Waals surface area contributed by atoms with Gasteiger partial charge in [-0.3, -0.25) is 9.59 Å². The van der Waals surface area contributed by atoms with Gasteiger partial charge in [-0.15, -0.1) is 0 Å². The third-order valence-corrected chi connectivity index (χ3v) is 8.83. The highest BCUT2D eigenvalue weighted by molar-refractivity contribution is 6.02. The Balaban J connectivity index is 1.75. The number of carboxylic acid groups (broad SMARTS) is 1. The van der Waals surface area contributed by atoms with Crippen LogP contribution < -0.4 is 0 Å². The quantitative estimate of drug-likeness (QED) is 0.769. The number of aliphatic hydroxyl groups is 1. The van der Waals surface area contributed by atoms with E-state index in [1.807, 2.05) is 0 Å². The fourth-order valence-corrected chi connectivity index (χ4v) is 7.21. The van der Waals surface area contributed by atoms with Gasteiger partial charge in [0.15, 0.2) is 5.78 Å². The van der Waals surface area contributed by atoms with Gasteiger partial charge in [-0.1, -0.05) is 31.6 Å². The summed E-state index contributed by atoms with van der Waals surface area (Å²) in [7, 11) is 0. The van der Waals surface area contributed by atoms with Crippen molar-refractivity contribution in [3.8, 4) is 0 Å². The Morgan fingerprint density at radius 2 is 1.89 bits per heavy atom. The Morgan fingerprint density at radius 3 is 2.56 bits per heavy atom. The zero-order valence-corrected chi connectivity index (χ0v) is 16.5. The number of carboxylic acids is 1. The molecule has 0 aromatic rings. The van der Waals surface area contributed by atoms with E-state index < -0.39 is 11.6 Å². The van der Waals surface area contributed by atoms with Crippen LogP contribution in [-0.2, 0) is 9.59 Å². The van der Waals surface area contributed by atoms with Crippen molar-refractivity contribution in [1.29, 1.82) is 0 Å². The van der Waals surface area contributed by atoms with E-state index >= 15 is 0 Å². The minimum absolute atomic E-state index is 0.0527. The molecule has 0 aromatic carbocycles. The van der Waals surface area contributed by atoms with Gasteiger partial charge in [0, 0.05) is 5.41 Å². The van der Waals surface area contributed by atoms with Crippen LogP contribution in [0.2, 0.25) is 0 Å². The Bertz CT molecular complexity index is 805. The molecule has 4 nitrogen and oxygen atoms in total. The van der Waals surface area contributed by atoms with Crippen LogP contribution in [0.25, 0.3) is 0 Å². The summed E-state index contributed by atoms with van der Waals surface area (Å²) in [6.45, 7) is 10.7. The summed E-state index contributed by atoms with van der Waals surface area (Å²) in [6.07, 6.45) is 7.41. The Labute approximate surface area is 161 Å². The molecule has 1 unspecified atom stereocenters. The summed E-state index contributed by atoms with van der Waals surface area (Å²) in [5.74, 6) is 0.205. The van der Waals surface area contributed by atoms with E-state index in [0.717, 1.165) is 42.4 Å². The molecule has 4 aliphatic rings. The number of allylic oxidation sites excluding steroid dienone is 5. The minimum Gasteiger partial charge on any atom is -0.481 e. The third kappa shape index (κ3) is 2.32. The number of ketones is 1. The summed E-state index contributed by atoms with van der Waals surface area (Å²) in [4.78, 5) is 23.5. The Hall–Kier alpha value is -1.68. The third-order valence-electron chi connectivity index (χ3n) is 8.83. The minimum atomic E-state index is -1.12. The van der Waals surface area contributed by atoms with Gasteiger partial charge in [0.1, 0.15) is 0 Å². The number of rotatable bonds is 2. The van der Waals surface area contributed by atoms with E-state index in [1.54, 1.807) is 12.2 Å². The molecular formula is C23H30O4. The lowest BCUT2D eigenvalue weighted by Crippen LogP contribution is -2.55. The molecule has 3 saturated carbocycles. The number of carbonyl (C=O) groups excluding carboxylic acids is 1. The fraction of sp³-hybridized carbons (Fsp3) is 0.652. The first-order valence-corrected chi connectivity index (χ1v) is 10.1. The summed E-state index contributed by atoms with van der Waals surface area (Å²) < 4.78 is 0. The summed E-state index contributed by atoms with van der Waals surface area (Å²) in [6, 6.07) is 0. The standard InChI is InChI=1S/C23H30O4/c1-13-9-16-17-6-8-23(27,12-20(25)26)21(17,3)7-5-18(16)22(4)14(2)10-15(24)11-19(13)22/h10-11,16-18,27H,1,5-9,12H2,2-4H3,(H,25,26)/t16-,17-,18+,21-,22+,23?/m0/s1. The maximum atomic E-state index is 12.1. The second-order valence-electron chi connectivity index (χ2n) is 9.77. The molecule has 27 heavy (non-hydrogen) atoms. The Kier molecular flexibility index (Phi) is 3.92. The molecule has 146 valence electrons. The molecule has 0 heterocycles. The van der Waals surface area contributed by atoms with E-state index in [4.69, 9.17) is 0 Å². The summed E-state index contributed by atoms with van der Waals surface area (Å²) in [5.41, 5.74) is 1.58. The lowest BCUT2D eigenvalue weighted by atomic mass is 9.45. The van der Waals surface area contributed by atoms with Crippen LogP contribution in [0.1, 0.15) is 59.3 Å². The van der Waals surface area contributed by atoms with Crippen LogP contribution in [-0.4, -0.2) is 27.6 Å². The molecule has 4 aliphatic carbocycles. The van der Waals surface area contributed by atoms with Crippen molar-refractivity contribution in [3.63, 3.8) is 0 Å². The van der Waals surface area contributed by atoms with E-state index in [0.29, 0.717) is 24.2 Å². The lowest BCUT2D eigenvalue weighted by molar-refractivity contribution is -0.156. The van der Waals surface area contributed by atoms with Gasteiger partial charge in [0.05, 0.1) is 12.0 Å². The predicted octanol–water partition coefficient (Wildman–Crippen LogP) is 4.06. The number of aliphatic carboxylic acids is 1. The molecule has 4 rings (SSSR count). The van der Waals surface area contributed by atoms with Gasteiger partial charge in [0.2, 0.25) is 0 Å². The first-order valence-electron chi connectivity index (χ1n) is 10.1. The van der Waals surface area contributed by atoms with Gasteiger partial charge in [-0.25, -0.2) is 0 Å². The van der Waals surface area contributed by atoms with Crippen molar-refractivity contribution < 1.29 is 19.8 Å². The van der Waals surface area contributed by atoms with Gasteiger partial charge < -0.3 is 10.2 Å². The fourth-order valence-electron chi connectivity index (χ4n) is 7.21. The molecule has 0 amide bonds. The number of carbonyl (C=O) groups is 2. The summed E-state index contributed by atoms with van der Waals surface area (Å²) >= 11 is 0. The Morgan fingerprint density at radius 1 is 1.22 bits per heavy atom. The maximum Gasteiger partial charge on any atom is 0.306 e. The molecule has 6 atom stereocenters. The van der Waals surface area contributed by atoms with Crippen molar-refractivity contribution in [1.82, 2.24) is 0 Å². The topological polar surface area (TPSA) is 74.6 Å². The number of hydrogen-bond acceptors (Lipinski definition) is 3. The van der Waals surface area contributed by atoms with Crippen molar-refractivity contribution in [2.45, 2.75) is 64.9 Å². The first-order chi connectivity index (χ1) is 12.5. The molecule has 0 bridgehead atoms. The van der Waals surface area contributed by atoms with Crippen LogP contribution in [0.15, 0.2) is 35.5 Å². The molecule has 2 N–H and O–H groups in total. The van der Waals surface area contributed by atoms with Crippen LogP contribution >= 0.6 is 0 Å². The maximum absolute atomic E-state index is 12.1. The highest BCUT2D eigenvalue weighted by Crippen LogP contribution is 2.68. The van der Waals surface area contributed by atoms with Crippen LogP contribution in [0.4, 0.5) is 0 Å². The number of hydrogen-bond donors (Lipinski definition) is 2. The normalized spacial score (nSPS) is 46.1. The molecule has 0 spiro atoms. The van der Waals surface area contributed by atoms with E-state index in [2.05, 4.69) is 27.4 Å². The molecule has 0 aromatic heterocycles. The largest absolute Gasteiger partial charge is 0.481 e. The van der Waals surface area contributed by atoms with Crippen molar-refractivity contribution >= 4 is 11.8 Å². The zero-order valence-electron chi connectivity index (χ0n) is 16.5. The molecule has 4 heteroatoms. The zero-order chi connectivity index (χ0) is 19.8. The van der Waals surface area contributed by atoms with Crippen molar-refractivity contribution in [2.75, 3.05) is 0 Å². The predicted molar refractivity (Wildman–Crippen MR) is 103 cm³/mol. The van der Waals surface area contributed by atoms with Crippen LogP contribution in [0.3, 0.4) is 0 Å². The second-order valence-corrected chi connectivity index (χ2v) is 9.77. The van der Waals surface area contributed by atoms with E-state index in [9.17, 15) is 19.8 Å². The van der Waals surface area contributed by atoms with Gasteiger partial charge >= 0.3 is 5.97 Å². The first kappa shape index (κ1) is 18.7. The smallest absolute Gasteiger partial charge is 0.306 e. The monoisotopic (exact) mass is 370 g/mol. The van der Waals surface area contributed by atoms with Crippen LogP contribution in [0.5, 0.6) is 0 Å². The molecule has 0 aliphatic heterocycles. The highest BCUT2D eigenvalue weighted by atomic mass is 16.4. The molecule has 0 radical (unpaired) electrons. The average molecular weight is 370 g/mol. The second kappa shape index (κ2) is 5.66. The van der Waals surface area contributed by atoms with Crippen molar-refractivity contribution in [2.24, 2.45) is 28.6 Å². The molecular weight excluding hydrogens is 340 g/mol. The molecule has 0 saturated heterocycles.